The largest absolute Gasteiger partial charge is 0.496 e. The monoisotopic (exact) mass is 446 g/mol. The molecule has 0 radical (unpaired) electrons. The molecular weight excluding hydrogens is 419 g/mol. The van der Waals surface area contributed by atoms with Crippen LogP contribution in [0.15, 0.2) is 16.6 Å². The summed E-state index contributed by atoms with van der Waals surface area (Å²) in [5.41, 5.74) is -2.79. The number of halogens is 1. The van der Waals surface area contributed by atoms with E-state index in [9.17, 15) is 20.1 Å². The fourth-order valence-electron chi connectivity index (χ4n) is 2.32. The summed E-state index contributed by atoms with van der Waals surface area (Å²) < 4.78 is 11.0. The Labute approximate surface area is 168 Å². The van der Waals surface area contributed by atoms with Crippen LogP contribution in [0.3, 0.4) is 0 Å². The van der Waals surface area contributed by atoms with E-state index in [1.807, 2.05) is 0 Å². The summed E-state index contributed by atoms with van der Waals surface area (Å²) in [6.07, 6.45) is -0.846. The van der Waals surface area contributed by atoms with Gasteiger partial charge in [-0.05, 0) is 35.0 Å². The standard InChI is InChI=1S/C17H28BBrN2O6/c1-9(20-14(22)15(2,3)4)21-17(24,25)16(18,23)10-7-13(27-6)11(19)8-12(10)26-5/h7-9,21,23-25H,18H2,1-6H3,(H,20,22). The van der Waals surface area contributed by atoms with E-state index in [0.717, 1.165) is 0 Å². The van der Waals surface area contributed by atoms with E-state index in [2.05, 4.69) is 26.6 Å². The highest BCUT2D eigenvalue weighted by molar-refractivity contribution is 9.10. The van der Waals surface area contributed by atoms with Gasteiger partial charge in [0, 0.05) is 11.0 Å². The predicted octanol–water partition coefficient (Wildman–Crippen LogP) is -0.0192. The van der Waals surface area contributed by atoms with Crippen molar-refractivity contribution in [2.24, 2.45) is 5.41 Å². The summed E-state index contributed by atoms with van der Waals surface area (Å²) in [4.78, 5) is 12.1. The molecule has 1 aromatic carbocycles. The maximum atomic E-state index is 12.1. The number of hydrogen-bond acceptors (Lipinski definition) is 7. The highest BCUT2D eigenvalue weighted by atomic mass is 79.9. The minimum atomic E-state index is -2.80. The third kappa shape index (κ3) is 5.35. The number of amides is 1. The topological polar surface area (TPSA) is 120 Å². The van der Waals surface area contributed by atoms with Gasteiger partial charge in [-0.3, -0.25) is 4.79 Å². The number of ether oxygens (including phenoxy) is 2. The van der Waals surface area contributed by atoms with Crippen molar-refractivity contribution >= 4 is 29.7 Å². The highest BCUT2D eigenvalue weighted by Gasteiger charge is 2.48. The Bertz CT molecular complexity index is 691. The molecule has 1 amide bonds. The SMILES string of the molecule is BC(O)(c1cc(OC)c(Br)cc1OC)C(O)(O)NC(C)NC(=O)C(C)(C)C. The van der Waals surface area contributed by atoms with Crippen LogP contribution >= 0.6 is 15.9 Å². The first kappa shape index (κ1) is 23.7. The number of hydrogen-bond donors (Lipinski definition) is 5. The molecule has 0 saturated heterocycles. The van der Waals surface area contributed by atoms with E-state index in [1.165, 1.54) is 35.1 Å². The van der Waals surface area contributed by atoms with Crippen LogP contribution in [0.5, 0.6) is 11.5 Å². The minimum absolute atomic E-state index is 0.0805. The Morgan fingerprint density at radius 1 is 1.15 bits per heavy atom. The molecule has 8 nitrogen and oxygen atoms in total. The molecule has 2 unspecified atom stereocenters. The third-order valence-electron chi connectivity index (χ3n) is 4.12. The smallest absolute Gasteiger partial charge is 0.250 e. The van der Waals surface area contributed by atoms with Gasteiger partial charge >= 0.3 is 0 Å². The number of carbonyl (C=O) groups excluding carboxylic acids is 1. The van der Waals surface area contributed by atoms with Gasteiger partial charge in [-0.15, -0.1) is 0 Å². The van der Waals surface area contributed by atoms with Gasteiger partial charge < -0.3 is 30.1 Å². The lowest BCUT2D eigenvalue weighted by molar-refractivity contribution is -0.272. The van der Waals surface area contributed by atoms with E-state index in [4.69, 9.17) is 9.47 Å². The predicted molar refractivity (Wildman–Crippen MR) is 107 cm³/mol. The van der Waals surface area contributed by atoms with E-state index in [-0.39, 0.29) is 17.2 Å². The molecule has 0 aromatic heterocycles. The summed E-state index contributed by atoms with van der Waals surface area (Å²) >= 11 is 3.31. The molecule has 1 rings (SSSR count). The number of nitrogens with one attached hydrogen (secondary N) is 2. The molecular formula is C17H28BBrN2O6. The van der Waals surface area contributed by atoms with Gasteiger partial charge in [0.1, 0.15) is 17.0 Å². The second-order valence-corrected chi connectivity index (χ2v) is 8.38. The van der Waals surface area contributed by atoms with Crippen molar-refractivity contribution in [3.63, 3.8) is 0 Å². The van der Waals surface area contributed by atoms with Crippen LogP contribution in [-0.2, 0) is 10.3 Å². The van der Waals surface area contributed by atoms with Crippen LogP contribution in [0, 0.1) is 5.41 Å². The molecule has 27 heavy (non-hydrogen) atoms. The van der Waals surface area contributed by atoms with Gasteiger partial charge in [-0.2, -0.15) is 0 Å². The first-order valence-corrected chi connectivity index (χ1v) is 9.14. The van der Waals surface area contributed by atoms with Crippen molar-refractivity contribution in [3.8, 4) is 11.5 Å². The zero-order valence-electron chi connectivity index (χ0n) is 16.7. The Morgan fingerprint density at radius 3 is 2.11 bits per heavy atom. The molecule has 152 valence electrons. The van der Waals surface area contributed by atoms with E-state index in [0.29, 0.717) is 10.2 Å². The molecule has 0 bridgehead atoms. The first-order chi connectivity index (χ1) is 12.2. The van der Waals surface area contributed by atoms with Crippen LogP contribution < -0.4 is 20.1 Å². The molecule has 5 N–H and O–H groups in total. The molecule has 0 aliphatic rings. The minimum Gasteiger partial charge on any atom is -0.496 e. The third-order valence-corrected chi connectivity index (χ3v) is 4.74. The van der Waals surface area contributed by atoms with E-state index >= 15 is 0 Å². The number of benzene rings is 1. The van der Waals surface area contributed by atoms with Crippen molar-refractivity contribution in [2.75, 3.05) is 14.2 Å². The zero-order valence-corrected chi connectivity index (χ0v) is 18.3. The fourth-order valence-corrected chi connectivity index (χ4v) is 2.80. The van der Waals surface area contributed by atoms with Crippen molar-refractivity contribution in [3.05, 3.63) is 22.2 Å². The number of methoxy groups -OCH3 is 2. The van der Waals surface area contributed by atoms with Crippen LogP contribution in [0.2, 0.25) is 0 Å². The van der Waals surface area contributed by atoms with Crippen LogP contribution in [0.4, 0.5) is 0 Å². The van der Waals surface area contributed by atoms with Crippen molar-refractivity contribution < 1.29 is 29.6 Å². The van der Waals surface area contributed by atoms with Crippen LogP contribution in [0.25, 0.3) is 0 Å². The van der Waals surface area contributed by atoms with Gasteiger partial charge in [0.15, 0.2) is 7.85 Å². The molecule has 0 aliphatic carbocycles. The number of carbonyl (C=O) groups is 1. The average Bonchev–Trinajstić information content (AvgIpc) is 2.52. The summed E-state index contributed by atoms with van der Waals surface area (Å²) in [5.74, 6) is -2.51. The first-order valence-electron chi connectivity index (χ1n) is 8.35. The van der Waals surface area contributed by atoms with E-state index < -0.39 is 23.0 Å². The van der Waals surface area contributed by atoms with Crippen LogP contribution in [0.1, 0.15) is 33.3 Å². The molecule has 0 fully saturated rings. The second-order valence-electron chi connectivity index (χ2n) is 7.52. The number of rotatable bonds is 7. The van der Waals surface area contributed by atoms with Gasteiger partial charge in [0.05, 0.1) is 24.9 Å². The van der Waals surface area contributed by atoms with Crippen LogP contribution in [-0.4, -0.2) is 55.4 Å². The van der Waals surface area contributed by atoms with Gasteiger partial charge in [-0.25, -0.2) is 5.32 Å². The Balaban J connectivity index is 3.19. The Hall–Kier alpha value is -1.33. The molecule has 0 heterocycles. The summed E-state index contributed by atoms with van der Waals surface area (Å²) in [6.45, 7) is 6.72. The average molecular weight is 447 g/mol. The molecule has 0 spiro atoms. The Kier molecular flexibility index (Phi) is 7.34. The summed E-state index contributed by atoms with van der Waals surface area (Å²) in [6, 6.07) is 2.98. The maximum Gasteiger partial charge on any atom is 0.250 e. The van der Waals surface area contributed by atoms with Gasteiger partial charge in [0.2, 0.25) is 11.8 Å². The van der Waals surface area contributed by atoms with Crippen molar-refractivity contribution in [1.82, 2.24) is 10.6 Å². The second kappa shape index (κ2) is 8.36. The van der Waals surface area contributed by atoms with Gasteiger partial charge in [-0.1, -0.05) is 20.8 Å². The number of aliphatic hydroxyl groups is 3. The molecule has 0 aliphatic heterocycles. The zero-order chi connectivity index (χ0) is 21.2. The highest BCUT2D eigenvalue weighted by Crippen LogP contribution is 2.40. The quantitative estimate of drug-likeness (QED) is 0.295. The van der Waals surface area contributed by atoms with Crippen molar-refractivity contribution in [2.45, 2.75) is 45.3 Å². The lowest BCUT2D eigenvalue weighted by Gasteiger charge is -2.40. The molecule has 2 atom stereocenters. The summed E-state index contributed by atoms with van der Waals surface area (Å²) in [5, 5.41) is 37.1. The van der Waals surface area contributed by atoms with E-state index in [1.54, 1.807) is 26.8 Å². The van der Waals surface area contributed by atoms with Crippen molar-refractivity contribution in [1.29, 1.82) is 0 Å². The van der Waals surface area contributed by atoms with Gasteiger partial charge in [0.25, 0.3) is 0 Å². The molecule has 0 saturated carbocycles. The molecule has 10 heteroatoms. The Morgan fingerprint density at radius 2 is 1.67 bits per heavy atom. The summed E-state index contributed by atoms with van der Waals surface area (Å²) in [7, 11) is 4.05. The lowest BCUT2D eigenvalue weighted by atomic mass is 9.71. The molecule has 1 aromatic rings. The lowest BCUT2D eigenvalue weighted by Crippen LogP contribution is -2.66. The fraction of sp³-hybridized carbons (Fsp3) is 0.588. The normalized spacial score (nSPS) is 15.6. The maximum absolute atomic E-state index is 12.1.